The SMILES string of the molecule is NCc1ccc(-c2cccc(CO)c2)nc1. The van der Waals surface area contributed by atoms with Gasteiger partial charge in [0.25, 0.3) is 0 Å². The lowest BCUT2D eigenvalue weighted by Crippen LogP contribution is -1.97. The van der Waals surface area contributed by atoms with Gasteiger partial charge in [-0.1, -0.05) is 24.3 Å². The van der Waals surface area contributed by atoms with E-state index in [4.69, 9.17) is 10.8 Å². The molecule has 0 saturated carbocycles. The molecule has 2 rings (SSSR count). The van der Waals surface area contributed by atoms with Crippen LogP contribution in [0.1, 0.15) is 11.1 Å². The second-order valence-electron chi connectivity index (χ2n) is 3.61. The third-order valence-corrected chi connectivity index (χ3v) is 2.47. The standard InChI is InChI=1S/C13H14N2O/c14-7-11-4-5-13(15-8-11)12-3-1-2-10(6-12)9-16/h1-6,8,16H,7,9,14H2. The maximum Gasteiger partial charge on any atom is 0.0702 e. The molecule has 82 valence electrons. The number of benzene rings is 1. The summed E-state index contributed by atoms with van der Waals surface area (Å²) in [6.07, 6.45) is 1.78. The number of aliphatic hydroxyl groups excluding tert-OH is 1. The zero-order valence-electron chi connectivity index (χ0n) is 8.93. The van der Waals surface area contributed by atoms with Gasteiger partial charge in [-0.05, 0) is 23.3 Å². The Bertz CT molecular complexity index is 466. The van der Waals surface area contributed by atoms with Crippen LogP contribution in [-0.2, 0) is 13.2 Å². The third-order valence-electron chi connectivity index (χ3n) is 2.47. The van der Waals surface area contributed by atoms with Crippen molar-refractivity contribution in [3.63, 3.8) is 0 Å². The van der Waals surface area contributed by atoms with Crippen LogP contribution in [0.5, 0.6) is 0 Å². The first-order chi connectivity index (χ1) is 7.83. The Balaban J connectivity index is 2.34. The van der Waals surface area contributed by atoms with Crippen LogP contribution in [0.2, 0.25) is 0 Å². The molecule has 3 heteroatoms. The van der Waals surface area contributed by atoms with Gasteiger partial charge in [-0.2, -0.15) is 0 Å². The van der Waals surface area contributed by atoms with Crippen LogP contribution in [0.4, 0.5) is 0 Å². The van der Waals surface area contributed by atoms with E-state index in [1.807, 2.05) is 36.4 Å². The highest BCUT2D eigenvalue weighted by Crippen LogP contribution is 2.18. The van der Waals surface area contributed by atoms with Crippen molar-refractivity contribution in [1.29, 1.82) is 0 Å². The number of nitrogens with zero attached hydrogens (tertiary/aromatic N) is 1. The minimum Gasteiger partial charge on any atom is -0.392 e. The molecule has 0 saturated heterocycles. The van der Waals surface area contributed by atoms with E-state index in [2.05, 4.69) is 4.98 Å². The molecule has 0 aliphatic heterocycles. The van der Waals surface area contributed by atoms with Crippen molar-refractivity contribution in [3.05, 3.63) is 53.7 Å². The van der Waals surface area contributed by atoms with Crippen molar-refractivity contribution >= 4 is 0 Å². The van der Waals surface area contributed by atoms with Gasteiger partial charge in [0, 0.05) is 18.3 Å². The molecule has 1 aromatic carbocycles. The second-order valence-corrected chi connectivity index (χ2v) is 3.61. The van der Waals surface area contributed by atoms with Gasteiger partial charge in [-0.25, -0.2) is 0 Å². The summed E-state index contributed by atoms with van der Waals surface area (Å²) < 4.78 is 0. The van der Waals surface area contributed by atoms with Gasteiger partial charge in [-0.3, -0.25) is 4.98 Å². The van der Waals surface area contributed by atoms with Gasteiger partial charge in [-0.15, -0.1) is 0 Å². The molecule has 0 aliphatic rings. The molecule has 0 fully saturated rings. The minimum absolute atomic E-state index is 0.0503. The summed E-state index contributed by atoms with van der Waals surface area (Å²) in [5.41, 5.74) is 9.32. The highest BCUT2D eigenvalue weighted by Gasteiger charge is 2.00. The minimum atomic E-state index is 0.0503. The van der Waals surface area contributed by atoms with Crippen LogP contribution in [0, 0.1) is 0 Å². The van der Waals surface area contributed by atoms with Crippen molar-refractivity contribution in [2.24, 2.45) is 5.73 Å². The van der Waals surface area contributed by atoms with Crippen molar-refractivity contribution in [1.82, 2.24) is 4.98 Å². The first-order valence-electron chi connectivity index (χ1n) is 5.18. The summed E-state index contributed by atoms with van der Waals surface area (Å²) in [4.78, 5) is 4.33. The molecule has 0 radical (unpaired) electrons. The molecule has 0 aliphatic carbocycles. The lowest BCUT2D eigenvalue weighted by atomic mass is 10.1. The highest BCUT2D eigenvalue weighted by atomic mass is 16.3. The van der Waals surface area contributed by atoms with E-state index >= 15 is 0 Å². The molecule has 0 spiro atoms. The summed E-state index contributed by atoms with van der Waals surface area (Å²) >= 11 is 0. The summed E-state index contributed by atoms with van der Waals surface area (Å²) in [5, 5.41) is 9.05. The molecule has 1 aromatic heterocycles. The fraction of sp³-hybridized carbons (Fsp3) is 0.154. The number of rotatable bonds is 3. The van der Waals surface area contributed by atoms with Crippen LogP contribution >= 0.6 is 0 Å². The van der Waals surface area contributed by atoms with Crippen LogP contribution in [0.25, 0.3) is 11.3 Å². The van der Waals surface area contributed by atoms with Gasteiger partial charge in [0.2, 0.25) is 0 Å². The average molecular weight is 214 g/mol. The Labute approximate surface area is 94.6 Å². The average Bonchev–Trinajstić information content (AvgIpc) is 2.39. The summed E-state index contributed by atoms with van der Waals surface area (Å²) in [6.45, 7) is 0.554. The predicted octanol–water partition coefficient (Wildman–Crippen LogP) is 1.70. The van der Waals surface area contributed by atoms with E-state index < -0.39 is 0 Å². The molecule has 3 nitrogen and oxygen atoms in total. The lowest BCUT2D eigenvalue weighted by molar-refractivity contribution is 0.282. The fourth-order valence-corrected chi connectivity index (χ4v) is 1.55. The Morgan fingerprint density at radius 3 is 2.62 bits per heavy atom. The van der Waals surface area contributed by atoms with Gasteiger partial charge < -0.3 is 10.8 Å². The van der Waals surface area contributed by atoms with E-state index in [1.165, 1.54) is 0 Å². The van der Waals surface area contributed by atoms with E-state index in [1.54, 1.807) is 6.20 Å². The Morgan fingerprint density at radius 2 is 2.00 bits per heavy atom. The molecular formula is C13H14N2O. The van der Waals surface area contributed by atoms with Crippen molar-refractivity contribution in [3.8, 4) is 11.3 Å². The predicted molar refractivity (Wildman–Crippen MR) is 63.5 cm³/mol. The summed E-state index contributed by atoms with van der Waals surface area (Å²) in [7, 11) is 0. The Morgan fingerprint density at radius 1 is 1.12 bits per heavy atom. The van der Waals surface area contributed by atoms with Gasteiger partial charge in [0.1, 0.15) is 0 Å². The van der Waals surface area contributed by atoms with Crippen LogP contribution in [-0.4, -0.2) is 10.1 Å². The lowest BCUT2D eigenvalue weighted by Gasteiger charge is -2.03. The van der Waals surface area contributed by atoms with E-state index in [9.17, 15) is 0 Å². The number of pyridine rings is 1. The Hall–Kier alpha value is -1.71. The van der Waals surface area contributed by atoms with Gasteiger partial charge >= 0.3 is 0 Å². The topological polar surface area (TPSA) is 59.1 Å². The zero-order valence-corrected chi connectivity index (χ0v) is 8.93. The smallest absolute Gasteiger partial charge is 0.0702 e. The summed E-state index contributed by atoms with van der Waals surface area (Å²) in [5.74, 6) is 0. The molecule has 1 heterocycles. The summed E-state index contributed by atoms with van der Waals surface area (Å²) in [6, 6.07) is 11.6. The largest absolute Gasteiger partial charge is 0.392 e. The van der Waals surface area contributed by atoms with Crippen molar-refractivity contribution in [2.75, 3.05) is 0 Å². The van der Waals surface area contributed by atoms with E-state index in [-0.39, 0.29) is 6.61 Å². The van der Waals surface area contributed by atoms with Crippen LogP contribution in [0.3, 0.4) is 0 Å². The number of aromatic nitrogens is 1. The van der Waals surface area contributed by atoms with Gasteiger partial charge in [0.15, 0.2) is 0 Å². The number of nitrogens with two attached hydrogens (primary N) is 1. The monoisotopic (exact) mass is 214 g/mol. The van der Waals surface area contributed by atoms with Crippen molar-refractivity contribution in [2.45, 2.75) is 13.2 Å². The number of hydrogen-bond acceptors (Lipinski definition) is 3. The maximum absolute atomic E-state index is 9.05. The maximum atomic E-state index is 9.05. The third kappa shape index (κ3) is 2.27. The molecule has 0 bridgehead atoms. The molecule has 16 heavy (non-hydrogen) atoms. The first kappa shape index (κ1) is 10.8. The van der Waals surface area contributed by atoms with E-state index in [0.29, 0.717) is 6.54 Å². The molecule has 0 amide bonds. The molecule has 0 atom stereocenters. The quantitative estimate of drug-likeness (QED) is 0.817. The van der Waals surface area contributed by atoms with Crippen molar-refractivity contribution < 1.29 is 5.11 Å². The number of aliphatic hydroxyl groups is 1. The highest BCUT2D eigenvalue weighted by molar-refractivity contribution is 5.59. The second kappa shape index (κ2) is 4.88. The zero-order chi connectivity index (χ0) is 11.4. The van der Waals surface area contributed by atoms with Gasteiger partial charge in [0.05, 0.1) is 12.3 Å². The van der Waals surface area contributed by atoms with E-state index in [0.717, 1.165) is 22.4 Å². The fourth-order valence-electron chi connectivity index (χ4n) is 1.55. The Kier molecular flexibility index (Phi) is 3.29. The normalized spacial score (nSPS) is 10.4. The first-order valence-corrected chi connectivity index (χ1v) is 5.18. The molecule has 3 N–H and O–H groups in total. The van der Waals surface area contributed by atoms with Crippen LogP contribution in [0.15, 0.2) is 42.6 Å². The molecular weight excluding hydrogens is 200 g/mol. The molecule has 0 unspecified atom stereocenters. The molecule has 2 aromatic rings. The van der Waals surface area contributed by atoms with Crippen LogP contribution < -0.4 is 5.73 Å². The number of hydrogen-bond donors (Lipinski definition) is 2.